The number of hydrogen-bond acceptors (Lipinski definition) is 3. The van der Waals surface area contributed by atoms with E-state index in [1.807, 2.05) is 0 Å². The average Bonchev–Trinajstić information content (AvgIpc) is 1.88. The van der Waals surface area contributed by atoms with E-state index in [-0.39, 0.29) is 11.0 Å². The minimum atomic E-state index is -1.000. The fourth-order valence-electron chi connectivity index (χ4n) is 0.503. The second-order valence-electron chi connectivity index (χ2n) is 1.82. The number of carboxylic acids is 1. The number of rotatable bonds is 1. The molecule has 5 heteroatoms. The van der Waals surface area contributed by atoms with E-state index >= 15 is 0 Å². The van der Waals surface area contributed by atoms with E-state index in [9.17, 15) is 4.79 Å². The minimum absolute atomic E-state index is 0. The first-order chi connectivity index (χ1) is 4.70. The first-order valence-corrected chi connectivity index (χ1v) is 2.72. The first-order valence-electron chi connectivity index (χ1n) is 2.72. The summed E-state index contributed by atoms with van der Waals surface area (Å²) in [7, 11) is 0. The summed E-state index contributed by atoms with van der Waals surface area (Å²) in [5.41, 5.74) is 0.116. The van der Waals surface area contributed by atoms with E-state index in [2.05, 4.69) is 9.97 Å². The van der Waals surface area contributed by atoms with Crippen molar-refractivity contribution in [1.82, 2.24) is 9.97 Å². The van der Waals surface area contributed by atoms with Crippen LogP contribution in [0.15, 0.2) is 12.4 Å². The van der Waals surface area contributed by atoms with Crippen LogP contribution in [0.5, 0.6) is 0 Å². The van der Waals surface area contributed by atoms with Gasteiger partial charge >= 0.3 is 5.97 Å². The Labute approximate surface area is 63.0 Å². The second-order valence-corrected chi connectivity index (χ2v) is 1.82. The number of nitrogens with zero attached hydrogens (tertiary/aromatic N) is 2. The Morgan fingerprint density at radius 1 is 1.45 bits per heavy atom. The molecule has 0 aliphatic rings. The van der Waals surface area contributed by atoms with Crippen molar-refractivity contribution >= 4 is 5.97 Å². The fraction of sp³-hybridized carbons (Fsp3) is 0.167. The maximum atomic E-state index is 10.2. The number of carboxylic acid groups (broad SMARTS) is 1. The van der Waals surface area contributed by atoms with E-state index < -0.39 is 5.97 Å². The molecule has 1 aromatic rings. The number of aromatic nitrogens is 2. The number of aryl methyl sites for hydroxylation is 1. The summed E-state index contributed by atoms with van der Waals surface area (Å²) in [5.74, 6) is -0.426. The van der Waals surface area contributed by atoms with Crippen molar-refractivity contribution in [3.05, 3.63) is 23.8 Å². The Balaban J connectivity index is 0.000001000. The zero-order chi connectivity index (χ0) is 7.56. The third-order valence-electron chi connectivity index (χ3n) is 1.03. The zero-order valence-electron chi connectivity index (χ0n) is 5.90. The highest BCUT2D eigenvalue weighted by atomic mass is 16.4. The Kier molecular flexibility index (Phi) is 3.13. The smallest absolute Gasteiger partial charge is 0.338 e. The lowest BCUT2D eigenvalue weighted by Gasteiger charge is -1.91. The molecule has 0 aliphatic heterocycles. The molecule has 0 radical (unpaired) electrons. The molecule has 60 valence electrons. The van der Waals surface area contributed by atoms with Crippen LogP contribution in [0, 0.1) is 6.92 Å². The molecule has 0 saturated carbocycles. The molecule has 0 aliphatic carbocycles. The average molecular weight is 156 g/mol. The number of aromatic carboxylic acids is 1. The van der Waals surface area contributed by atoms with Crippen molar-refractivity contribution in [2.45, 2.75) is 6.92 Å². The lowest BCUT2D eigenvalue weighted by molar-refractivity contribution is 0.0696. The van der Waals surface area contributed by atoms with E-state index in [1.54, 1.807) is 6.92 Å². The molecule has 1 aromatic heterocycles. The quantitative estimate of drug-likeness (QED) is 0.601. The third-order valence-corrected chi connectivity index (χ3v) is 1.03. The van der Waals surface area contributed by atoms with Crippen LogP contribution in [0.1, 0.15) is 16.2 Å². The summed E-state index contributed by atoms with van der Waals surface area (Å²) in [6.07, 6.45) is 2.56. The maximum absolute atomic E-state index is 10.2. The SMILES string of the molecule is Cc1ncc(C(=O)O)cn1.O. The summed E-state index contributed by atoms with van der Waals surface area (Å²) in [6.45, 7) is 1.70. The molecular formula is C6H8N2O3. The molecule has 1 heterocycles. The Morgan fingerprint density at radius 3 is 2.27 bits per heavy atom. The molecular weight excluding hydrogens is 148 g/mol. The van der Waals surface area contributed by atoms with Crippen LogP contribution < -0.4 is 0 Å². The molecule has 0 spiro atoms. The summed E-state index contributed by atoms with van der Waals surface area (Å²) in [6, 6.07) is 0. The van der Waals surface area contributed by atoms with Crippen LogP contribution in [-0.4, -0.2) is 26.5 Å². The Bertz CT molecular complexity index is 245. The molecule has 11 heavy (non-hydrogen) atoms. The molecule has 0 bridgehead atoms. The van der Waals surface area contributed by atoms with Crippen molar-refractivity contribution in [2.24, 2.45) is 0 Å². The van der Waals surface area contributed by atoms with E-state index in [4.69, 9.17) is 5.11 Å². The van der Waals surface area contributed by atoms with Gasteiger partial charge in [-0.25, -0.2) is 14.8 Å². The van der Waals surface area contributed by atoms with Gasteiger partial charge in [0, 0.05) is 12.4 Å². The van der Waals surface area contributed by atoms with Crippen LogP contribution >= 0.6 is 0 Å². The standard InChI is InChI=1S/C6H6N2O2.H2O/c1-4-7-2-5(3-8-4)6(9)10;/h2-3H,1H3,(H,9,10);1H2. The van der Waals surface area contributed by atoms with Gasteiger partial charge in [-0.15, -0.1) is 0 Å². The highest BCUT2D eigenvalue weighted by molar-refractivity contribution is 5.86. The highest BCUT2D eigenvalue weighted by Crippen LogP contribution is 1.93. The van der Waals surface area contributed by atoms with Crippen molar-refractivity contribution in [1.29, 1.82) is 0 Å². The van der Waals surface area contributed by atoms with Crippen LogP contribution in [-0.2, 0) is 0 Å². The van der Waals surface area contributed by atoms with Gasteiger partial charge in [0.05, 0.1) is 5.56 Å². The zero-order valence-corrected chi connectivity index (χ0v) is 5.90. The molecule has 0 amide bonds. The van der Waals surface area contributed by atoms with Crippen molar-refractivity contribution in [2.75, 3.05) is 0 Å². The van der Waals surface area contributed by atoms with E-state index in [0.29, 0.717) is 5.82 Å². The summed E-state index contributed by atoms with van der Waals surface area (Å²) >= 11 is 0. The van der Waals surface area contributed by atoms with Crippen LogP contribution in [0.3, 0.4) is 0 Å². The first kappa shape index (κ1) is 9.51. The van der Waals surface area contributed by atoms with Gasteiger partial charge in [0.15, 0.2) is 0 Å². The van der Waals surface area contributed by atoms with Gasteiger partial charge in [-0.1, -0.05) is 0 Å². The highest BCUT2D eigenvalue weighted by Gasteiger charge is 2.00. The molecule has 5 nitrogen and oxygen atoms in total. The van der Waals surface area contributed by atoms with E-state index in [1.165, 1.54) is 12.4 Å². The van der Waals surface area contributed by atoms with Gasteiger partial charge in [0.2, 0.25) is 0 Å². The molecule has 0 atom stereocenters. The number of carbonyl (C=O) groups is 1. The molecule has 0 saturated heterocycles. The molecule has 0 aromatic carbocycles. The Morgan fingerprint density at radius 2 is 1.91 bits per heavy atom. The topological polar surface area (TPSA) is 94.6 Å². The van der Waals surface area contributed by atoms with Crippen LogP contribution in [0.25, 0.3) is 0 Å². The van der Waals surface area contributed by atoms with Crippen molar-refractivity contribution < 1.29 is 15.4 Å². The molecule has 3 N–H and O–H groups in total. The van der Waals surface area contributed by atoms with Gasteiger partial charge in [0.25, 0.3) is 0 Å². The van der Waals surface area contributed by atoms with Crippen molar-refractivity contribution in [3.8, 4) is 0 Å². The minimum Gasteiger partial charge on any atom is -0.478 e. The normalized spacial score (nSPS) is 8.45. The summed E-state index contributed by atoms with van der Waals surface area (Å²) in [4.78, 5) is 17.6. The van der Waals surface area contributed by atoms with Gasteiger partial charge in [0.1, 0.15) is 5.82 Å². The van der Waals surface area contributed by atoms with Crippen LogP contribution in [0.4, 0.5) is 0 Å². The van der Waals surface area contributed by atoms with Gasteiger partial charge in [-0.3, -0.25) is 0 Å². The largest absolute Gasteiger partial charge is 0.478 e. The second kappa shape index (κ2) is 3.62. The third kappa shape index (κ3) is 2.30. The maximum Gasteiger partial charge on any atom is 0.338 e. The fourth-order valence-corrected chi connectivity index (χ4v) is 0.503. The van der Waals surface area contributed by atoms with Crippen molar-refractivity contribution in [3.63, 3.8) is 0 Å². The van der Waals surface area contributed by atoms with Crippen LogP contribution in [0.2, 0.25) is 0 Å². The lowest BCUT2D eigenvalue weighted by atomic mass is 10.3. The molecule has 0 fully saturated rings. The summed E-state index contributed by atoms with van der Waals surface area (Å²) < 4.78 is 0. The predicted molar refractivity (Wildman–Crippen MR) is 37.3 cm³/mol. The van der Waals surface area contributed by atoms with Gasteiger partial charge in [-0.2, -0.15) is 0 Å². The predicted octanol–water partition coefficient (Wildman–Crippen LogP) is -0.341. The number of hydrogen-bond donors (Lipinski definition) is 1. The summed E-state index contributed by atoms with van der Waals surface area (Å²) in [5, 5.41) is 8.40. The van der Waals surface area contributed by atoms with E-state index in [0.717, 1.165) is 0 Å². The Hall–Kier alpha value is -1.49. The molecule has 1 rings (SSSR count). The van der Waals surface area contributed by atoms with Gasteiger partial charge < -0.3 is 10.6 Å². The molecule has 0 unspecified atom stereocenters. The van der Waals surface area contributed by atoms with Gasteiger partial charge in [-0.05, 0) is 6.92 Å². The monoisotopic (exact) mass is 156 g/mol. The lowest BCUT2D eigenvalue weighted by Crippen LogP contribution is -1.98.